The molecule has 3 aromatic rings. The second kappa shape index (κ2) is 6.31. The van der Waals surface area contributed by atoms with Crippen molar-refractivity contribution in [1.82, 2.24) is 9.38 Å². The third kappa shape index (κ3) is 3.06. The Bertz CT molecular complexity index is 1030. The van der Waals surface area contributed by atoms with Crippen LogP contribution in [0.15, 0.2) is 47.4 Å². The standard InChI is InChI=1S/C17H15FN4O3/c1-10-6-7-12(9-13(10)18)11(2)19-16-15(22(24)25)17(23)21-8-4-3-5-14(21)20-16/h3-9,11,19H,1-2H3. The lowest BCUT2D eigenvalue weighted by atomic mass is 10.1. The summed E-state index contributed by atoms with van der Waals surface area (Å²) in [6.07, 6.45) is 1.42. The Morgan fingerprint density at radius 1 is 1.32 bits per heavy atom. The molecule has 1 aromatic carbocycles. The van der Waals surface area contributed by atoms with E-state index in [0.717, 1.165) is 4.40 Å². The van der Waals surface area contributed by atoms with E-state index in [1.807, 2.05) is 0 Å². The van der Waals surface area contributed by atoms with E-state index in [2.05, 4.69) is 10.3 Å². The molecule has 0 spiro atoms. The van der Waals surface area contributed by atoms with Crippen molar-refractivity contribution in [3.8, 4) is 0 Å². The first-order valence-corrected chi connectivity index (χ1v) is 7.57. The number of hydrogen-bond acceptors (Lipinski definition) is 5. The van der Waals surface area contributed by atoms with E-state index in [-0.39, 0.29) is 17.3 Å². The molecule has 0 aliphatic carbocycles. The summed E-state index contributed by atoms with van der Waals surface area (Å²) >= 11 is 0. The minimum Gasteiger partial charge on any atom is -0.358 e. The van der Waals surface area contributed by atoms with Gasteiger partial charge in [-0.05, 0) is 43.2 Å². The maximum atomic E-state index is 13.8. The van der Waals surface area contributed by atoms with Crippen LogP contribution in [0.4, 0.5) is 15.9 Å². The lowest BCUT2D eigenvalue weighted by molar-refractivity contribution is -0.385. The van der Waals surface area contributed by atoms with Crippen molar-refractivity contribution in [2.45, 2.75) is 19.9 Å². The average Bonchev–Trinajstić information content (AvgIpc) is 2.57. The number of pyridine rings is 1. The number of halogens is 1. The largest absolute Gasteiger partial charge is 0.376 e. The van der Waals surface area contributed by atoms with Crippen LogP contribution >= 0.6 is 0 Å². The molecule has 25 heavy (non-hydrogen) atoms. The predicted octanol–water partition coefficient (Wildman–Crippen LogP) is 3.22. The molecule has 0 aliphatic heterocycles. The molecular weight excluding hydrogens is 327 g/mol. The van der Waals surface area contributed by atoms with Crippen molar-refractivity contribution in [2.24, 2.45) is 0 Å². The highest BCUT2D eigenvalue weighted by Gasteiger charge is 2.24. The van der Waals surface area contributed by atoms with Crippen LogP contribution in [0.5, 0.6) is 0 Å². The zero-order valence-corrected chi connectivity index (χ0v) is 13.6. The number of rotatable bonds is 4. The van der Waals surface area contributed by atoms with Gasteiger partial charge in [0.05, 0.1) is 11.0 Å². The Hall–Kier alpha value is -3.29. The van der Waals surface area contributed by atoms with Gasteiger partial charge in [-0.2, -0.15) is 0 Å². The van der Waals surface area contributed by atoms with Crippen molar-refractivity contribution >= 4 is 17.2 Å². The topological polar surface area (TPSA) is 89.5 Å². The highest BCUT2D eigenvalue weighted by atomic mass is 19.1. The molecule has 0 saturated heterocycles. The highest BCUT2D eigenvalue weighted by molar-refractivity contribution is 5.60. The van der Waals surface area contributed by atoms with Gasteiger partial charge in [-0.25, -0.2) is 9.37 Å². The zero-order valence-electron chi connectivity index (χ0n) is 13.6. The van der Waals surface area contributed by atoms with E-state index in [4.69, 9.17) is 0 Å². The monoisotopic (exact) mass is 342 g/mol. The fourth-order valence-electron chi connectivity index (χ4n) is 2.51. The van der Waals surface area contributed by atoms with E-state index < -0.39 is 22.2 Å². The molecule has 1 N–H and O–H groups in total. The first kappa shape index (κ1) is 16.6. The number of nitro groups is 1. The Balaban J connectivity index is 2.08. The number of aryl methyl sites for hydroxylation is 1. The zero-order chi connectivity index (χ0) is 18.1. The molecule has 0 radical (unpaired) electrons. The molecule has 0 aliphatic rings. The molecule has 0 saturated carbocycles. The number of fused-ring (bicyclic) bond motifs is 1. The van der Waals surface area contributed by atoms with E-state index in [1.165, 1.54) is 12.3 Å². The summed E-state index contributed by atoms with van der Waals surface area (Å²) in [7, 11) is 0. The van der Waals surface area contributed by atoms with Crippen LogP contribution in [-0.2, 0) is 0 Å². The molecule has 2 aromatic heterocycles. The first-order chi connectivity index (χ1) is 11.9. The van der Waals surface area contributed by atoms with Gasteiger partial charge in [0, 0.05) is 6.20 Å². The smallest absolute Gasteiger partial charge is 0.358 e. The van der Waals surface area contributed by atoms with Crippen LogP contribution in [0.3, 0.4) is 0 Å². The summed E-state index contributed by atoms with van der Waals surface area (Å²) < 4.78 is 14.9. The van der Waals surface area contributed by atoms with Gasteiger partial charge in [0.25, 0.3) is 0 Å². The van der Waals surface area contributed by atoms with E-state index in [0.29, 0.717) is 11.1 Å². The Morgan fingerprint density at radius 3 is 2.76 bits per heavy atom. The van der Waals surface area contributed by atoms with Crippen LogP contribution in [-0.4, -0.2) is 14.3 Å². The summed E-state index contributed by atoms with van der Waals surface area (Å²) in [6, 6.07) is 9.06. The number of nitrogens with zero attached hydrogens (tertiary/aromatic N) is 3. The molecule has 1 atom stereocenters. The van der Waals surface area contributed by atoms with Crippen molar-refractivity contribution in [3.63, 3.8) is 0 Å². The van der Waals surface area contributed by atoms with Crippen LogP contribution in [0.2, 0.25) is 0 Å². The second-order valence-corrected chi connectivity index (χ2v) is 5.67. The van der Waals surface area contributed by atoms with Gasteiger partial charge in [0.1, 0.15) is 11.5 Å². The molecule has 0 bridgehead atoms. The van der Waals surface area contributed by atoms with Gasteiger partial charge >= 0.3 is 11.2 Å². The van der Waals surface area contributed by atoms with Crippen molar-refractivity contribution in [2.75, 3.05) is 5.32 Å². The molecular formula is C17H15FN4O3. The minimum absolute atomic E-state index is 0.144. The number of hydrogen-bond donors (Lipinski definition) is 1. The normalized spacial score (nSPS) is 12.1. The van der Waals surface area contributed by atoms with Crippen molar-refractivity contribution in [3.05, 3.63) is 80.0 Å². The van der Waals surface area contributed by atoms with E-state index in [1.54, 1.807) is 44.2 Å². The van der Waals surface area contributed by atoms with Gasteiger partial charge in [0.2, 0.25) is 5.82 Å². The fraction of sp³-hybridized carbons (Fsp3) is 0.176. The van der Waals surface area contributed by atoms with Crippen LogP contribution in [0.25, 0.3) is 5.65 Å². The minimum atomic E-state index is -0.777. The number of aromatic nitrogens is 2. The molecule has 128 valence electrons. The fourth-order valence-corrected chi connectivity index (χ4v) is 2.51. The third-order valence-corrected chi connectivity index (χ3v) is 3.94. The van der Waals surface area contributed by atoms with Gasteiger partial charge in [-0.15, -0.1) is 0 Å². The number of nitrogens with one attached hydrogen (secondary N) is 1. The Morgan fingerprint density at radius 2 is 2.08 bits per heavy atom. The predicted molar refractivity (Wildman–Crippen MR) is 91.3 cm³/mol. The van der Waals surface area contributed by atoms with Crippen LogP contribution < -0.4 is 10.9 Å². The highest BCUT2D eigenvalue weighted by Crippen LogP contribution is 2.25. The maximum Gasteiger partial charge on any atom is 0.376 e. The summed E-state index contributed by atoms with van der Waals surface area (Å²) in [5.41, 5.74) is -0.0529. The molecule has 0 amide bonds. The van der Waals surface area contributed by atoms with Crippen molar-refractivity contribution in [1.29, 1.82) is 0 Å². The van der Waals surface area contributed by atoms with Gasteiger partial charge in [-0.1, -0.05) is 18.2 Å². The van der Waals surface area contributed by atoms with Crippen molar-refractivity contribution < 1.29 is 9.31 Å². The molecule has 0 fully saturated rings. The molecule has 7 nitrogen and oxygen atoms in total. The van der Waals surface area contributed by atoms with Crippen LogP contribution in [0.1, 0.15) is 24.1 Å². The lowest BCUT2D eigenvalue weighted by Crippen LogP contribution is -2.22. The molecule has 1 unspecified atom stereocenters. The Labute approximate surface area is 141 Å². The third-order valence-electron chi connectivity index (χ3n) is 3.94. The maximum absolute atomic E-state index is 13.8. The summed E-state index contributed by atoms with van der Waals surface area (Å²) in [5.74, 6) is -0.512. The lowest BCUT2D eigenvalue weighted by Gasteiger charge is -2.16. The van der Waals surface area contributed by atoms with Gasteiger partial charge in [0.15, 0.2) is 0 Å². The number of anilines is 1. The molecule has 3 rings (SSSR count). The van der Waals surface area contributed by atoms with Gasteiger partial charge < -0.3 is 5.32 Å². The van der Waals surface area contributed by atoms with Gasteiger partial charge in [-0.3, -0.25) is 19.3 Å². The summed E-state index contributed by atoms with van der Waals surface area (Å²) in [5, 5.41) is 14.2. The first-order valence-electron chi connectivity index (χ1n) is 7.57. The second-order valence-electron chi connectivity index (χ2n) is 5.67. The van der Waals surface area contributed by atoms with E-state index >= 15 is 0 Å². The SMILES string of the molecule is Cc1ccc(C(C)Nc2nc3ccccn3c(=O)c2[N+](=O)[O-])cc1F. The summed E-state index contributed by atoms with van der Waals surface area (Å²) in [4.78, 5) is 27.2. The van der Waals surface area contributed by atoms with Crippen LogP contribution in [0, 0.1) is 22.9 Å². The summed E-state index contributed by atoms with van der Waals surface area (Å²) in [6.45, 7) is 3.36. The quantitative estimate of drug-likeness (QED) is 0.581. The average molecular weight is 342 g/mol. The molecule has 2 heterocycles. The Kier molecular flexibility index (Phi) is 4.18. The number of benzene rings is 1. The van der Waals surface area contributed by atoms with E-state index in [9.17, 15) is 19.3 Å². The molecule has 8 heteroatoms.